The number of aromatic nitrogens is 1. The minimum absolute atomic E-state index is 0.420. The Morgan fingerprint density at radius 1 is 0.969 bits per heavy atom. The van der Waals surface area contributed by atoms with Crippen molar-refractivity contribution in [3.8, 4) is 11.1 Å². The number of benzene rings is 2. The van der Waals surface area contributed by atoms with Gasteiger partial charge in [-0.25, -0.2) is 5.48 Å². The molecule has 32 heavy (non-hydrogen) atoms. The predicted molar refractivity (Wildman–Crippen MR) is 125 cm³/mol. The summed E-state index contributed by atoms with van der Waals surface area (Å²) < 4.78 is 0. The van der Waals surface area contributed by atoms with Gasteiger partial charge in [-0.1, -0.05) is 36.4 Å². The van der Waals surface area contributed by atoms with Crippen molar-refractivity contribution in [1.29, 1.82) is 0 Å². The van der Waals surface area contributed by atoms with E-state index in [1.54, 1.807) is 17.6 Å². The highest BCUT2D eigenvalue weighted by atomic mass is 16.5. The van der Waals surface area contributed by atoms with E-state index in [0.717, 1.165) is 31.7 Å². The molecule has 1 aliphatic rings. The number of hydrogen-bond donors (Lipinski definition) is 2. The van der Waals surface area contributed by atoms with Crippen LogP contribution in [-0.2, 0) is 13.1 Å². The Morgan fingerprint density at radius 2 is 1.62 bits per heavy atom. The standard InChI is InChI=1S/C26H30N4O2/c1-19-15-29(17-21-7-9-23(10-8-21)26(31)28-32)16-20(2)30(19)18-24-5-3-4-6-25(24)22-11-13-27-14-12-22/h3-14,19-20,32H,15-18H2,1-2H3,(H,28,31)/t19-,20+. The minimum Gasteiger partial charge on any atom is -0.296 e. The molecule has 0 saturated carbocycles. The van der Waals surface area contributed by atoms with Gasteiger partial charge in [-0.3, -0.25) is 24.8 Å². The van der Waals surface area contributed by atoms with Crippen molar-refractivity contribution in [1.82, 2.24) is 20.3 Å². The van der Waals surface area contributed by atoms with Crippen molar-refractivity contribution < 1.29 is 10.0 Å². The van der Waals surface area contributed by atoms with Crippen molar-refractivity contribution >= 4 is 5.91 Å². The second kappa shape index (κ2) is 10.0. The quantitative estimate of drug-likeness (QED) is 0.458. The molecule has 3 aromatic rings. The molecule has 1 aromatic heterocycles. The molecule has 0 bridgehead atoms. The molecule has 1 aliphatic heterocycles. The fourth-order valence-electron chi connectivity index (χ4n) is 4.66. The second-order valence-electron chi connectivity index (χ2n) is 8.60. The van der Waals surface area contributed by atoms with Gasteiger partial charge in [0.25, 0.3) is 5.91 Å². The van der Waals surface area contributed by atoms with Crippen LogP contribution >= 0.6 is 0 Å². The zero-order chi connectivity index (χ0) is 22.5. The van der Waals surface area contributed by atoms with Gasteiger partial charge in [-0.15, -0.1) is 0 Å². The molecule has 1 saturated heterocycles. The monoisotopic (exact) mass is 430 g/mol. The Hall–Kier alpha value is -3.06. The molecule has 1 fully saturated rings. The average molecular weight is 431 g/mol. The summed E-state index contributed by atoms with van der Waals surface area (Å²) in [4.78, 5) is 20.7. The Labute approximate surface area is 189 Å². The highest BCUT2D eigenvalue weighted by Gasteiger charge is 2.29. The van der Waals surface area contributed by atoms with E-state index in [9.17, 15) is 4.79 Å². The Kier molecular flexibility index (Phi) is 6.95. The van der Waals surface area contributed by atoms with Crippen LogP contribution < -0.4 is 5.48 Å². The van der Waals surface area contributed by atoms with Crippen molar-refractivity contribution in [2.45, 2.75) is 39.0 Å². The molecule has 2 heterocycles. The topological polar surface area (TPSA) is 68.7 Å². The number of carbonyl (C=O) groups excluding carboxylic acids is 1. The van der Waals surface area contributed by atoms with Crippen LogP contribution in [-0.4, -0.2) is 51.1 Å². The number of piperazine rings is 1. The molecule has 0 spiro atoms. The summed E-state index contributed by atoms with van der Waals surface area (Å²) >= 11 is 0. The van der Waals surface area contributed by atoms with Crippen LogP contribution in [0.3, 0.4) is 0 Å². The van der Waals surface area contributed by atoms with E-state index in [1.807, 2.05) is 24.5 Å². The smallest absolute Gasteiger partial charge is 0.274 e. The van der Waals surface area contributed by atoms with Crippen LogP contribution in [0.25, 0.3) is 11.1 Å². The van der Waals surface area contributed by atoms with Crippen molar-refractivity contribution in [3.05, 3.63) is 89.7 Å². The lowest BCUT2D eigenvalue weighted by Gasteiger charge is -2.44. The molecule has 0 radical (unpaired) electrons. The maximum absolute atomic E-state index is 11.5. The van der Waals surface area contributed by atoms with E-state index in [-0.39, 0.29) is 0 Å². The fraction of sp³-hybridized carbons (Fsp3) is 0.308. The lowest BCUT2D eigenvalue weighted by Crippen LogP contribution is -2.55. The molecule has 0 aliphatic carbocycles. The molecule has 4 rings (SSSR count). The van der Waals surface area contributed by atoms with Gasteiger partial charge in [0.05, 0.1) is 0 Å². The van der Waals surface area contributed by atoms with E-state index in [1.165, 1.54) is 16.7 Å². The van der Waals surface area contributed by atoms with Gasteiger partial charge in [0, 0.05) is 56.2 Å². The Morgan fingerprint density at radius 3 is 2.28 bits per heavy atom. The first kappa shape index (κ1) is 22.1. The second-order valence-corrected chi connectivity index (χ2v) is 8.60. The molecule has 0 unspecified atom stereocenters. The zero-order valence-electron chi connectivity index (χ0n) is 18.6. The van der Waals surface area contributed by atoms with Crippen LogP contribution in [0, 0.1) is 0 Å². The maximum Gasteiger partial charge on any atom is 0.274 e. The van der Waals surface area contributed by atoms with E-state index >= 15 is 0 Å². The van der Waals surface area contributed by atoms with Gasteiger partial charge in [0.1, 0.15) is 0 Å². The van der Waals surface area contributed by atoms with Crippen LogP contribution in [0.1, 0.15) is 35.3 Å². The number of hydrogen-bond acceptors (Lipinski definition) is 5. The number of nitrogens with zero attached hydrogens (tertiary/aromatic N) is 3. The first-order valence-electron chi connectivity index (χ1n) is 11.0. The number of rotatable bonds is 6. The summed E-state index contributed by atoms with van der Waals surface area (Å²) in [6, 6.07) is 21.0. The molecule has 1 amide bonds. The van der Waals surface area contributed by atoms with Crippen LogP contribution in [0.2, 0.25) is 0 Å². The van der Waals surface area contributed by atoms with Crippen molar-refractivity contribution in [2.24, 2.45) is 0 Å². The van der Waals surface area contributed by atoms with Gasteiger partial charge in [0.2, 0.25) is 0 Å². The van der Waals surface area contributed by atoms with Gasteiger partial charge < -0.3 is 0 Å². The molecular weight excluding hydrogens is 400 g/mol. The largest absolute Gasteiger partial charge is 0.296 e. The number of pyridine rings is 1. The summed E-state index contributed by atoms with van der Waals surface area (Å²) in [6.45, 7) is 8.33. The summed E-state index contributed by atoms with van der Waals surface area (Å²) in [7, 11) is 0. The van der Waals surface area contributed by atoms with Crippen molar-refractivity contribution in [3.63, 3.8) is 0 Å². The molecule has 6 nitrogen and oxygen atoms in total. The lowest BCUT2D eigenvalue weighted by molar-refractivity contribution is 0.0291. The lowest BCUT2D eigenvalue weighted by atomic mass is 9.98. The highest BCUT2D eigenvalue weighted by Crippen LogP contribution is 2.27. The number of hydroxylamine groups is 1. The van der Waals surface area contributed by atoms with Gasteiger partial charge in [-0.2, -0.15) is 0 Å². The number of carbonyl (C=O) groups is 1. The predicted octanol–water partition coefficient (Wildman–Crippen LogP) is 3.96. The van der Waals surface area contributed by atoms with E-state index < -0.39 is 5.91 Å². The molecule has 2 atom stereocenters. The van der Waals surface area contributed by atoms with Crippen LogP contribution in [0.15, 0.2) is 73.1 Å². The molecule has 6 heteroatoms. The molecule has 166 valence electrons. The van der Waals surface area contributed by atoms with E-state index in [0.29, 0.717) is 17.6 Å². The van der Waals surface area contributed by atoms with Gasteiger partial charge >= 0.3 is 0 Å². The van der Waals surface area contributed by atoms with Crippen LogP contribution in [0.4, 0.5) is 0 Å². The van der Waals surface area contributed by atoms with Gasteiger partial charge in [-0.05, 0) is 60.4 Å². The first-order chi connectivity index (χ1) is 15.5. The normalized spacial score (nSPS) is 19.6. The molecular formula is C26H30N4O2. The SMILES string of the molecule is C[C@@H]1CN(Cc2ccc(C(=O)NO)cc2)C[C@H](C)N1Cc1ccccc1-c1ccncc1. The highest BCUT2D eigenvalue weighted by molar-refractivity contribution is 5.93. The number of amides is 1. The summed E-state index contributed by atoms with van der Waals surface area (Å²) in [5.74, 6) is -0.487. The van der Waals surface area contributed by atoms with E-state index in [4.69, 9.17) is 5.21 Å². The maximum atomic E-state index is 11.5. The van der Waals surface area contributed by atoms with E-state index in [2.05, 4.69) is 65.0 Å². The van der Waals surface area contributed by atoms with Crippen LogP contribution in [0.5, 0.6) is 0 Å². The number of nitrogens with one attached hydrogen (secondary N) is 1. The third-order valence-corrected chi connectivity index (χ3v) is 6.26. The minimum atomic E-state index is -0.487. The summed E-state index contributed by atoms with van der Waals surface area (Å²) in [5.41, 5.74) is 7.10. The molecule has 2 aromatic carbocycles. The van der Waals surface area contributed by atoms with Gasteiger partial charge in [0.15, 0.2) is 0 Å². The Bertz CT molecular complexity index is 1030. The summed E-state index contributed by atoms with van der Waals surface area (Å²) in [5, 5.41) is 8.77. The first-order valence-corrected chi connectivity index (χ1v) is 11.0. The third-order valence-electron chi connectivity index (χ3n) is 6.26. The van der Waals surface area contributed by atoms with Crippen molar-refractivity contribution in [2.75, 3.05) is 13.1 Å². The third kappa shape index (κ3) is 5.05. The zero-order valence-corrected chi connectivity index (χ0v) is 18.6. The summed E-state index contributed by atoms with van der Waals surface area (Å²) in [6.07, 6.45) is 3.69. The Balaban J connectivity index is 1.43. The fourth-order valence-corrected chi connectivity index (χ4v) is 4.66. The average Bonchev–Trinajstić information content (AvgIpc) is 2.82. The molecule has 2 N–H and O–H groups in total.